The maximum Gasteiger partial charge on any atom is 0.253 e. The molecule has 0 N–H and O–H groups in total. The molecule has 4 heteroatoms. The molecule has 0 spiro atoms. The Morgan fingerprint density at radius 2 is 2.00 bits per heavy atom. The van der Waals surface area contributed by atoms with E-state index in [0.29, 0.717) is 11.5 Å². The van der Waals surface area contributed by atoms with Crippen LogP contribution in [-0.4, -0.2) is 23.9 Å². The number of carbonyl (C=O) groups is 1. The van der Waals surface area contributed by atoms with E-state index >= 15 is 0 Å². The Balaban J connectivity index is 2.08. The van der Waals surface area contributed by atoms with Crippen LogP contribution < -0.4 is 0 Å². The van der Waals surface area contributed by atoms with Crippen LogP contribution in [0, 0.1) is 17.2 Å². The van der Waals surface area contributed by atoms with Crippen LogP contribution in [0.15, 0.2) is 23.1 Å². The second-order valence-electron chi connectivity index (χ2n) is 6.95. The number of benzene rings is 1. The van der Waals surface area contributed by atoms with E-state index in [2.05, 4.69) is 33.4 Å². The van der Waals surface area contributed by atoms with Crippen LogP contribution in [0.3, 0.4) is 0 Å². The molecule has 0 radical (unpaired) electrons. The maximum absolute atomic E-state index is 13.3. The second-order valence-corrected chi connectivity index (χ2v) is 7.43. The Labute approximate surface area is 132 Å². The smallest absolute Gasteiger partial charge is 0.253 e. The van der Waals surface area contributed by atoms with Gasteiger partial charge in [-0.1, -0.05) is 20.8 Å². The molecule has 116 valence electrons. The summed E-state index contributed by atoms with van der Waals surface area (Å²) in [6.07, 6.45) is 3.22. The largest absolute Gasteiger partial charge is 0.339 e. The highest BCUT2D eigenvalue weighted by molar-refractivity contribution is 7.80. The van der Waals surface area contributed by atoms with Gasteiger partial charge in [-0.05, 0) is 48.8 Å². The Bertz CT molecular complexity index is 524. The normalized spacial score (nSPS) is 20.2. The Morgan fingerprint density at radius 3 is 2.62 bits per heavy atom. The summed E-state index contributed by atoms with van der Waals surface area (Å²) in [5, 5.41) is 0. The molecule has 2 nitrogen and oxygen atoms in total. The minimum absolute atomic E-state index is 0.0140. The van der Waals surface area contributed by atoms with Crippen molar-refractivity contribution in [3.8, 4) is 0 Å². The molecule has 0 bridgehead atoms. The van der Waals surface area contributed by atoms with Gasteiger partial charge in [0.2, 0.25) is 0 Å². The molecule has 1 fully saturated rings. The fraction of sp³-hybridized carbons (Fsp3) is 0.588. The highest BCUT2D eigenvalue weighted by atomic mass is 32.1. The Kier molecular flexibility index (Phi) is 4.97. The molecule has 1 atom stereocenters. The molecule has 1 aromatic rings. The zero-order chi connectivity index (χ0) is 15.6. The molecule has 1 saturated heterocycles. The average Bonchev–Trinajstić information content (AvgIpc) is 2.66. The fourth-order valence-electron chi connectivity index (χ4n) is 2.99. The van der Waals surface area contributed by atoms with Crippen LogP contribution in [0.5, 0.6) is 0 Å². The van der Waals surface area contributed by atoms with E-state index in [9.17, 15) is 9.18 Å². The first-order valence-electron chi connectivity index (χ1n) is 7.57. The molecular weight excluding hydrogens is 285 g/mol. The van der Waals surface area contributed by atoms with Gasteiger partial charge in [-0.2, -0.15) is 0 Å². The molecule has 2 rings (SSSR count). The number of nitrogens with zero attached hydrogens (tertiary/aromatic N) is 1. The molecule has 21 heavy (non-hydrogen) atoms. The Hall–Kier alpha value is -1.03. The van der Waals surface area contributed by atoms with Crippen LogP contribution >= 0.6 is 12.6 Å². The third-order valence-electron chi connectivity index (χ3n) is 4.43. The van der Waals surface area contributed by atoms with Gasteiger partial charge in [-0.3, -0.25) is 4.79 Å². The molecule has 1 aromatic carbocycles. The van der Waals surface area contributed by atoms with Crippen LogP contribution in [-0.2, 0) is 0 Å². The lowest BCUT2D eigenvalue weighted by Crippen LogP contribution is -2.32. The molecule has 1 unspecified atom stereocenters. The molecule has 1 amide bonds. The van der Waals surface area contributed by atoms with Crippen molar-refractivity contribution >= 4 is 18.5 Å². The Morgan fingerprint density at radius 1 is 1.29 bits per heavy atom. The van der Waals surface area contributed by atoms with Gasteiger partial charge < -0.3 is 4.90 Å². The van der Waals surface area contributed by atoms with Gasteiger partial charge in [0.05, 0.1) is 0 Å². The third kappa shape index (κ3) is 4.00. The van der Waals surface area contributed by atoms with Crippen LogP contribution in [0.2, 0.25) is 0 Å². The minimum Gasteiger partial charge on any atom is -0.339 e. The second kappa shape index (κ2) is 6.39. The van der Waals surface area contributed by atoms with Gasteiger partial charge in [-0.15, -0.1) is 12.6 Å². The molecular formula is C17H24FNOS. The first kappa shape index (κ1) is 16.3. The molecule has 1 aliphatic rings. The van der Waals surface area contributed by atoms with Crippen molar-refractivity contribution in [1.82, 2.24) is 4.90 Å². The minimum atomic E-state index is -0.390. The summed E-state index contributed by atoms with van der Waals surface area (Å²) < 4.78 is 13.3. The van der Waals surface area contributed by atoms with E-state index in [1.54, 1.807) is 6.07 Å². The number of likely N-dealkylation sites (tertiary alicyclic amines) is 1. The third-order valence-corrected chi connectivity index (χ3v) is 4.78. The van der Waals surface area contributed by atoms with Crippen LogP contribution in [0.4, 0.5) is 4.39 Å². The molecule has 0 aromatic heterocycles. The summed E-state index contributed by atoms with van der Waals surface area (Å²) in [4.78, 5) is 14.7. The lowest BCUT2D eigenvalue weighted by atomic mass is 9.77. The lowest BCUT2D eigenvalue weighted by molar-refractivity contribution is 0.0755. The predicted octanol–water partition coefficient (Wildman–Crippen LogP) is 4.40. The van der Waals surface area contributed by atoms with Gasteiger partial charge in [0, 0.05) is 23.5 Å². The van der Waals surface area contributed by atoms with E-state index in [1.807, 2.05) is 4.90 Å². The zero-order valence-corrected chi connectivity index (χ0v) is 13.9. The summed E-state index contributed by atoms with van der Waals surface area (Å²) in [7, 11) is 0. The number of hydrogen-bond donors (Lipinski definition) is 1. The summed E-state index contributed by atoms with van der Waals surface area (Å²) in [5.41, 5.74) is 0.809. The zero-order valence-electron chi connectivity index (χ0n) is 13.0. The number of halogens is 1. The first-order chi connectivity index (χ1) is 9.79. The summed E-state index contributed by atoms with van der Waals surface area (Å²) in [6.45, 7) is 8.36. The van der Waals surface area contributed by atoms with Crippen LogP contribution in [0.25, 0.3) is 0 Å². The monoisotopic (exact) mass is 309 g/mol. The topological polar surface area (TPSA) is 20.3 Å². The van der Waals surface area contributed by atoms with Crippen molar-refractivity contribution in [2.75, 3.05) is 13.1 Å². The van der Waals surface area contributed by atoms with E-state index in [-0.39, 0.29) is 16.2 Å². The first-order valence-corrected chi connectivity index (χ1v) is 8.01. The summed E-state index contributed by atoms with van der Waals surface area (Å²) in [6, 6.07) is 4.38. The van der Waals surface area contributed by atoms with Crippen molar-refractivity contribution in [3.05, 3.63) is 29.6 Å². The van der Waals surface area contributed by atoms with Gasteiger partial charge in [0.1, 0.15) is 5.82 Å². The van der Waals surface area contributed by atoms with Crippen molar-refractivity contribution < 1.29 is 9.18 Å². The SMILES string of the molecule is CC(C)(C)C1CCCN(C(=O)c2ccc(F)c(S)c2)CC1. The molecule has 1 aliphatic heterocycles. The van der Waals surface area contributed by atoms with Gasteiger partial charge in [0.25, 0.3) is 5.91 Å². The number of rotatable bonds is 1. The van der Waals surface area contributed by atoms with Crippen molar-refractivity contribution in [2.45, 2.75) is 44.9 Å². The predicted molar refractivity (Wildman–Crippen MR) is 86.4 cm³/mol. The van der Waals surface area contributed by atoms with Crippen molar-refractivity contribution in [1.29, 1.82) is 0 Å². The standard InChI is InChI=1S/C17H24FNOS/c1-17(2,3)13-5-4-9-19(10-8-13)16(20)12-6-7-14(18)15(21)11-12/h6-7,11,13,21H,4-5,8-10H2,1-3H3. The number of thiol groups is 1. The fourth-order valence-corrected chi connectivity index (χ4v) is 3.21. The average molecular weight is 309 g/mol. The number of amides is 1. The molecule has 1 heterocycles. The quantitative estimate of drug-likeness (QED) is 0.762. The molecule has 0 aliphatic carbocycles. The molecule has 0 saturated carbocycles. The van der Waals surface area contributed by atoms with E-state index < -0.39 is 5.82 Å². The highest BCUT2D eigenvalue weighted by Gasteiger charge is 2.28. The van der Waals surface area contributed by atoms with Gasteiger partial charge >= 0.3 is 0 Å². The summed E-state index contributed by atoms with van der Waals surface area (Å²) >= 11 is 4.05. The maximum atomic E-state index is 13.3. The number of carbonyl (C=O) groups excluding carboxylic acids is 1. The lowest BCUT2D eigenvalue weighted by Gasteiger charge is -2.29. The van der Waals surface area contributed by atoms with Gasteiger partial charge in [-0.25, -0.2) is 4.39 Å². The number of hydrogen-bond acceptors (Lipinski definition) is 2. The highest BCUT2D eigenvalue weighted by Crippen LogP contribution is 2.34. The van der Waals surface area contributed by atoms with Crippen molar-refractivity contribution in [2.24, 2.45) is 11.3 Å². The van der Waals surface area contributed by atoms with Crippen molar-refractivity contribution in [3.63, 3.8) is 0 Å². The van der Waals surface area contributed by atoms with E-state index in [1.165, 1.54) is 12.1 Å². The van der Waals surface area contributed by atoms with Crippen LogP contribution in [0.1, 0.15) is 50.4 Å². The van der Waals surface area contributed by atoms with E-state index in [4.69, 9.17) is 0 Å². The summed E-state index contributed by atoms with van der Waals surface area (Å²) in [5.74, 6) is 0.238. The van der Waals surface area contributed by atoms with Gasteiger partial charge in [0.15, 0.2) is 0 Å². The van der Waals surface area contributed by atoms with E-state index in [0.717, 1.165) is 32.4 Å².